The second kappa shape index (κ2) is 5.53. The molecule has 0 aliphatic heterocycles. The van der Waals surface area contributed by atoms with E-state index in [2.05, 4.69) is 15.9 Å². The predicted octanol–water partition coefficient (Wildman–Crippen LogP) is 5.24. The maximum atomic E-state index is 12.1. The van der Waals surface area contributed by atoms with Crippen molar-refractivity contribution < 1.29 is 4.79 Å². The van der Waals surface area contributed by atoms with Gasteiger partial charge in [0.25, 0.3) is 0 Å². The van der Waals surface area contributed by atoms with Gasteiger partial charge in [0.1, 0.15) is 0 Å². The monoisotopic (exact) mass is 348 g/mol. The number of thiophene rings is 1. The van der Waals surface area contributed by atoms with Crippen LogP contribution in [0.2, 0.25) is 10.0 Å². The summed E-state index contributed by atoms with van der Waals surface area (Å²) in [6, 6.07) is 8.90. The van der Waals surface area contributed by atoms with Gasteiger partial charge in [-0.2, -0.15) is 0 Å². The van der Waals surface area contributed by atoms with Gasteiger partial charge >= 0.3 is 0 Å². The van der Waals surface area contributed by atoms with E-state index >= 15 is 0 Å². The summed E-state index contributed by atoms with van der Waals surface area (Å²) < 4.78 is 1.01. The highest BCUT2D eigenvalue weighted by Gasteiger charge is 2.15. The lowest BCUT2D eigenvalue weighted by atomic mass is 10.1. The van der Waals surface area contributed by atoms with Crippen molar-refractivity contribution in [2.45, 2.75) is 6.42 Å². The van der Waals surface area contributed by atoms with Gasteiger partial charge in [0, 0.05) is 11.3 Å². The first-order chi connectivity index (χ1) is 8.08. The molecule has 2 aromatic rings. The third kappa shape index (κ3) is 3.10. The highest BCUT2D eigenvalue weighted by Crippen LogP contribution is 2.28. The summed E-state index contributed by atoms with van der Waals surface area (Å²) in [6.07, 6.45) is 0.319. The molecule has 0 aliphatic carbocycles. The molecule has 17 heavy (non-hydrogen) atoms. The molecule has 2 rings (SSSR count). The zero-order chi connectivity index (χ0) is 12.4. The number of carbonyl (C=O) groups excluding carboxylic acids is 1. The zero-order valence-corrected chi connectivity index (χ0v) is 12.5. The Morgan fingerprint density at radius 3 is 2.35 bits per heavy atom. The van der Waals surface area contributed by atoms with E-state index in [1.165, 1.54) is 11.3 Å². The number of hydrogen-bond acceptors (Lipinski definition) is 2. The van der Waals surface area contributed by atoms with Crippen LogP contribution in [0.3, 0.4) is 0 Å². The second-order valence-electron chi connectivity index (χ2n) is 3.40. The van der Waals surface area contributed by atoms with Gasteiger partial charge in [-0.25, -0.2) is 0 Å². The van der Waals surface area contributed by atoms with Gasteiger partial charge in [-0.05, 0) is 40.2 Å². The molecular formula is C12H7BrCl2OS. The fraction of sp³-hybridized carbons (Fsp3) is 0.0833. The number of carbonyl (C=O) groups is 1. The third-order valence-corrected chi connectivity index (χ3v) is 4.46. The average molecular weight is 350 g/mol. The molecule has 0 fully saturated rings. The number of halogens is 3. The van der Waals surface area contributed by atoms with Crippen LogP contribution in [0.1, 0.15) is 15.2 Å². The van der Waals surface area contributed by atoms with E-state index in [1.54, 1.807) is 18.2 Å². The van der Waals surface area contributed by atoms with Crippen LogP contribution in [0.15, 0.2) is 34.1 Å². The van der Waals surface area contributed by atoms with Crippen molar-refractivity contribution >= 4 is 56.3 Å². The van der Waals surface area contributed by atoms with Gasteiger partial charge in [0.05, 0.1) is 19.4 Å². The minimum atomic E-state index is -0.0602. The largest absolute Gasteiger partial charge is 0.294 e. The summed E-state index contributed by atoms with van der Waals surface area (Å²) >= 11 is 16.9. The molecule has 0 unspecified atom stereocenters. The number of benzene rings is 1. The van der Waals surface area contributed by atoms with Crippen LogP contribution in [0.25, 0.3) is 0 Å². The topological polar surface area (TPSA) is 17.1 Å². The van der Waals surface area contributed by atoms with Crippen molar-refractivity contribution in [3.63, 3.8) is 0 Å². The van der Waals surface area contributed by atoms with Gasteiger partial charge in [-0.1, -0.05) is 29.3 Å². The Morgan fingerprint density at radius 1 is 1.18 bits per heavy atom. The van der Waals surface area contributed by atoms with Crippen LogP contribution in [0.5, 0.6) is 0 Å². The molecule has 0 bridgehead atoms. The highest BCUT2D eigenvalue weighted by atomic mass is 79.9. The van der Waals surface area contributed by atoms with Crippen molar-refractivity contribution in [2.75, 3.05) is 0 Å². The molecule has 0 saturated heterocycles. The molecule has 0 atom stereocenters. The second-order valence-corrected chi connectivity index (χ2v) is 6.76. The van der Waals surface area contributed by atoms with Crippen LogP contribution >= 0.6 is 50.5 Å². The van der Waals surface area contributed by atoms with E-state index < -0.39 is 0 Å². The standard InChI is InChI=1S/C12H7BrCl2OS/c13-11-5-4-7(17-11)6-10(16)12-8(14)2-1-3-9(12)15/h1-5H,6H2. The Hall–Kier alpha value is -0.350. The van der Waals surface area contributed by atoms with Gasteiger partial charge in [0.2, 0.25) is 0 Å². The minimum Gasteiger partial charge on any atom is -0.294 e. The first kappa shape index (κ1) is 13.1. The maximum Gasteiger partial charge on any atom is 0.171 e. The lowest BCUT2D eigenvalue weighted by Crippen LogP contribution is -2.04. The van der Waals surface area contributed by atoms with Crippen molar-refractivity contribution in [3.8, 4) is 0 Å². The van der Waals surface area contributed by atoms with Crippen molar-refractivity contribution in [1.29, 1.82) is 0 Å². The Bertz CT molecular complexity index is 545. The normalized spacial score (nSPS) is 10.5. The number of ketones is 1. The van der Waals surface area contributed by atoms with Crippen molar-refractivity contribution in [1.82, 2.24) is 0 Å². The minimum absolute atomic E-state index is 0.0602. The summed E-state index contributed by atoms with van der Waals surface area (Å²) in [5.74, 6) is -0.0602. The summed E-state index contributed by atoms with van der Waals surface area (Å²) in [5, 5.41) is 0.802. The molecule has 0 spiro atoms. The first-order valence-electron chi connectivity index (χ1n) is 4.79. The van der Waals surface area contributed by atoms with Crippen LogP contribution in [-0.4, -0.2) is 5.78 Å². The maximum absolute atomic E-state index is 12.1. The van der Waals surface area contributed by atoms with E-state index in [0.29, 0.717) is 22.0 Å². The summed E-state index contributed by atoms with van der Waals surface area (Å²) in [7, 11) is 0. The number of hydrogen-bond donors (Lipinski definition) is 0. The molecule has 1 nitrogen and oxygen atoms in total. The third-order valence-electron chi connectivity index (χ3n) is 2.21. The van der Waals surface area contributed by atoms with E-state index in [-0.39, 0.29) is 5.78 Å². The fourth-order valence-corrected chi connectivity index (χ4v) is 3.55. The lowest BCUT2D eigenvalue weighted by Gasteiger charge is -2.04. The molecule has 0 saturated carbocycles. The van der Waals surface area contributed by atoms with Gasteiger partial charge in [0.15, 0.2) is 5.78 Å². The lowest BCUT2D eigenvalue weighted by molar-refractivity contribution is 0.0994. The van der Waals surface area contributed by atoms with E-state index in [0.717, 1.165) is 8.66 Å². The summed E-state index contributed by atoms with van der Waals surface area (Å²) in [4.78, 5) is 13.1. The highest BCUT2D eigenvalue weighted by molar-refractivity contribution is 9.11. The zero-order valence-electron chi connectivity index (χ0n) is 8.54. The molecular weight excluding hydrogens is 343 g/mol. The average Bonchev–Trinajstić information content (AvgIpc) is 2.63. The van der Waals surface area contributed by atoms with Crippen LogP contribution in [0.4, 0.5) is 0 Å². The van der Waals surface area contributed by atoms with E-state index in [1.807, 2.05) is 12.1 Å². The smallest absolute Gasteiger partial charge is 0.171 e. The Morgan fingerprint density at radius 2 is 1.82 bits per heavy atom. The molecule has 1 heterocycles. The van der Waals surface area contributed by atoms with Crippen molar-refractivity contribution in [3.05, 3.63) is 54.6 Å². The van der Waals surface area contributed by atoms with Gasteiger partial charge in [-0.3, -0.25) is 4.79 Å². The van der Waals surface area contributed by atoms with Gasteiger partial charge in [-0.15, -0.1) is 11.3 Å². The molecule has 1 aromatic heterocycles. The molecule has 1 aromatic carbocycles. The molecule has 5 heteroatoms. The van der Waals surface area contributed by atoms with E-state index in [4.69, 9.17) is 23.2 Å². The summed E-state index contributed by atoms with van der Waals surface area (Å²) in [5.41, 5.74) is 0.403. The molecule has 0 amide bonds. The van der Waals surface area contributed by atoms with Gasteiger partial charge < -0.3 is 0 Å². The Labute approximate surface area is 121 Å². The van der Waals surface area contributed by atoms with Crippen LogP contribution in [-0.2, 0) is 6.42 Å². The summed E-state index contributed by atoms with van der Waals surface area (Å²) in [6.45, 7) is 0. The molecule has 88 valence electrons. The Balaban J connectivity index is 2.26. The number of Topliss-reactive ketones (excluding diaryl/α,β-unsaturated/α-hetero) is 1. The van der Waals surface area contributed by atoms with Crippen LogP contribution in [0, 0.1) is 0 Å². The van der Waals surface area contributed by atoms with Crippen LogP contribution < -0.4 is 0 Å². The Kier molecular flexibility index (Phi) is 4.26. The molecule has 0 radical (unpaired) electrons. The van der Waals surface area contributed by atoms with E-state index in [9.17, 15) is 4.79 Å². The first-order valence-corrected chi connectivity index (χ1v) is 7.16. The van der Waals surface area contributed by atoms with Crippen molar-refractivity contribution in [2.24, 2.45) is 0 Å². The molecule has 0 aliphatic rings. The number of rotatable bonds is 3. The fourth-order valence-electron chi connectivity index (χ4n) is 1.46. The molecule has 0 N–H and O–H groups in total. The quantitative estimate of drug-likeness (QED) is 0.692. The predicted molar refractivity (Wildman–Crippen MR) is 76.5 cm³/mol. The SMILES string of the molecule is O=C(Cc1ccc(Br)s1)c1c(Cl)cccc1Cl.